The Morgan fingerprint density at radius 2 is 2.14 bits per heavy atom. The summed E-state index contributed by atoms with van der Waals surface area (Å²) in [6.07, 6.45) is 3.01. The highest BCUT2D eigenvalue weighted by molar-refractivity contribution is 6.31. The van der Waals surface area contributed by atoms with Crippen LogP contribution < -0.4 is 10.6 Å². The summed E-state index contributed by atoms with van der Waals surface area (Å²) in [5.74, 6) is 0. The molecule has 2 rings (SSSR count). The SMILES string of the molecule is CCC(N)Cc1c(Cl)cccc1N1CCCN(C)CC1C. The van der Waals surface area contributed by atoms with Crippen molar-refractivity contribution < 1.29 is 0 Å². The summed E-state index contributed by atoms with van der Waals surface area (Å²) in [7, 11) is 2.20. The number of anilines is 1. The normalized spacial score (nSPS) is 22.1. The Balaban J connectivity index is 2.31. The average molecular weight is 310 g/mol. The fourth-order valence-electron chi connectivity index (χ4n) is 3.16. The van der Waals surface area contributed by atoms with Crippen LogP contribution in [-0.4, -0.2) is 43.7 Å². The molecule has 0 bridgehead atoms. The fourth-order valence-corrected chi connectivity index (χ4v) is 3.40. The molecule has 1 aliphatic rings. The molecule has 0 spiro atoms. The molecule has 1 aliphatic heterocycles. The second kappa shape index (κ2) is 7.48. The number of benzene rings is 1. The second-order valence-electron chi connectivity index (χ2n) is 6.27. The van der Waals surface area contributed by atoms with E-state index >= 15 is 0 Å². The maximum absolute atomic E-state index is 6.47. The summed E-state index contributed by atoms with van der Waals surface area (Å²) in [5, 5.41) is 0.848. The van der Waals surface area contributed by atoms with Gasteiger partial charge in [-0.1, -0.05) is 24.6 Å². The van der Waals surface area contributed by atoms with E-state index in [4.69, 9.17) is 17.3 Å². The molecule has 1 aromatic carbocycles. The van der Waals surface area contributed by atoms with Crippen molar-refractivity contribution in [3.8, 4) is 0 Å². The molecule has 2 N–H and O–H groups in total. The van der Waals surface area contributed by atoms with E-state index < -0.39 is 0 Å². The monoisotopic (exact) mass is 309 g/mol. The number of nitrogens with two attached hydrogens (primary N) is 1. The molecule has 0 aromatic heterocycles. The van der Waals surface area contributed by atoms with E-state index in [9.17, 15) is 0 Å². The van der Waals surface area contributed by atoms with Crippen molar-refractivity contribution in [1.82, 2.24) is 4.90 Å². The predicted molar refractivity (Wildman–Crippen MR) is 92.3 cm³/mol. The molecule has 0 saturated carbocycles. The Morgan fingerprint density at radius 3 is 2.86 bits per heavy atom. The van der Waals surface area contributed by atoms with E-state index in [1.165, 1.54) is 17.7 Å². The number of nitrogens with zero attached hydrogens (tertiary/aromatic N) is 2. The lowest BCUT2D eigenvalue weighted by Gasteiger charge is -2.32. The molecule has 2 unspecified atom stereocenters. The summed E-state index contributed by atoms with van der Waals surface area (Å²) in [6, 6.07) is 6.91. The number of halogens is 1. The van der Waals surface area contributed by atoms with Crippen molar-refractivity contribution in [2.24, 2.45) is 5.73 Å². The van der Waals surface area contributed by atoms with Crippen molar-refractivity contribution in [2.75, 3.05) is 31.6 Å². The van der Waals surface area contributed by atoms with E-state index in [1.807, 2.05) is 6.07 Å². The van der Waals surface area contributed by atoms with Gasteiger partial charge in [-0.25, -0.2) is 0 Å². The summed E-state index contributed by atoms with van der Waals surface area (Å²) >= 11 is 6.47. The molecular weight excluding hydrogens is 282 g/mol. The van der Waals surface area contributed by atoms with Gasteiger partial charge in [0, 0.05) is 35.9 Å². The van der Waals surface area contributed by atoms with Crippen LogP contribution in [0.5, 0.6) is 0 Å². The predicted octanol–water partition coefficient (Wildman–Crippen LogP) is 3.15. The van der Waals surface area contributed by atoms with Gasteiger partial charge >= 0.3 is 0 Å². The van der Waals surface area contributed by atoms with Crippen LogP contribution in [0, 0.1) is 0 Å². The van der Waals surface area contributed by atoms with Gasteiger partial charge in [-0.2, -0.15) is 0 Å². The lowest BCUT2D eigenvalue weighted by molar-refractivity contribution is 0.337. The van der Waals surface area contributed by atoms with Crippen molar-refractivity contribution in [1.29, 1.82) is 0 Å². The molecule has 118 valence electrons. The maximum atomic E-state index is 6.47. The molecule has 3 nitrogen and oxygen atoms in total. The standard InChI is InChI=1S/C17H28ClN3/c1-4-14(19)11-15-16(18)7-5-8-17(15)21-10-6-9-20(3)12-13(21)2/h5,7-8,13-14H,4,6,9-12,19H2,1-3H3. The van der Waals surface area contributed by atoms with Gasteiger partial charge in [0.15, 0.2) is 0 Å². The summed E-state index contributed by atoms with van der Waals surface area (Å²) in [4.78, 5) is 4.92. The van der Waals surface area contributed by atoms with Gasteiger partial charge in [0.2, 0.25) is 0 Å². The van der Waals surface area contributed by atoms with Crippen LogP contribution in [0.15, 0.2) is 18.2 Å². The number of hydrogen-bond donors (Lipinski definition) is 1. The molecule has 2 atom stereocenters. The Morgan fingerprint density at radius 1 is 1.38 bits per heavy atom. The molecule has 4 heteroatoms. The molecule has 1 aromatic rings. The minimum absolute atomic E-state index is 0.175. The van der Waals surface area contributed by atoms with Crippen molar-refractivity contribution >= 4 is 17.3 Å². The van der Waals surface area contributed by atoms with Gasteiger partial charge < -0.3 is 15.5 Å². The summed E-state index contributed by atoms with van der Waals surface area (Å²) < 4.78 is 0. The van der Waals surface area contributed by atoms with Gasteiger partial charge in [-0.15, -0.1) is 0 Å². The van der Waals surface area contributed by atoms with Crippen molar-refractivity contribution in [3.63, 3.8) is 0 Å². The molecule has 1 saturated heterocycles. The third-order valence-electron chi connectivity index (χ3n) is 4.44. The summed E-state index contributed by atoms with van der Waals surface area (Å²) in [6.45, 7) is 7.76. The minimum Gasteiger partial charge on any atom is -0.367 e. The first-order chi connectivity index (χ1) is 10.0. The molecule has 1 heterocycles. The molecule has 1 fully saturated rings. The average Bonchev–Trinajstić information content (AvgIpc) is 2.61. The first kappa shape index (κ1) is 16.6. The molecule has 0 radical (unpaired) electrons. The molecule has 0 aliphatic carbocycles. The van der Waals surface area contributed by atoms with E-state index in [0.717, 1.165) is 37.5 Å². The van der Waals surface area contributed by atoms with Crippen LogP contribution in [0.1, 0.15) is 32.3 Å². The third-order valence-corrected chi connectivity index (χ3v) is 4.80. The third kappa shape index (κ3) is 4.12. The lowest BCUT2D eigenvalue weighted by Crippen LogP contribution is -2.38. The highest BCUT2D eigenvalue weighted by Crippen LogP contribution is 2.31. The lowest BCUT2D eigenvalue weighted by atomic mass is 10.0. The summed E-state index contributed by atoms with van der Waals surface area (Å²) in [5.41, 5.74) is 8.66. The van der Waals surface area contributed by atoms with Crippen molar-refractivity contribution in [2.45, 2.75) is 45.2 Å². The smallest absolute Gasteiger partial charge is 0.0459 e. The number of rotatable bonds is 4. The first-order valence-corrected chi connectivity index (χ1v) is 8.38. The van der Waals surface area contributed by atoms with Crippen LogP contribution in [0.4, 0.5) is 5.69 Å². The zero-order valence-corrected chi connectivity index (χ0v) is 14.2. The molecular formula is C17H28ClN3. The first-order valence-electron chi connectivity index (χ1n) is 8.01. The van der Waals surface area contributed by atoms with E-state index in [2.05, 4.69) is 42.8 Å². The van der Waals surface area contributed by atoms with E-state index in [0.29, 0.717) is 6.04 Å². The number of likely N-dealkylation sites (N-methyl/N-ethyl adjacent to an activating group) is 1. The van der Waals surface area contributed by atoms with E-state index in [1.54, 1.807) is 0 Å². The highest BCUT2D eigenvalue weighted by atomic mass is 35.5. The fraction of sp³-hybridized carbons (Fsp3) is 0.647. The van der Waals surface area contributed by atoms with Crippen LogP contribution in [0.2, 0.25) is 5.02 Å². The Bertz CT molecular complexity index is 463. The molecule has 0 amide bonds. The maximum Gasteiger partial charge on any atom is 0.0459 e. The topological polar surface area (TPSA) is 32.5 Å². The van der Waals surface area contributed by atoms with Crippen LogP contribution in [0.25, 0.3) is 0 Å². The van der Waals surface area contributed by atoms with Gasteiger partial charge in [0.1, 0.15) is 0 Å². The number of hydrogen-bond acceptors (Lipinski definition) is 3. The highest BCUT2D eigenvalue weighted by Gasteiger charge is 2.23. The van der Waals surface area contributed by atoms with Crippen LogP contribution >= 0.6 is 11.6 Å². The zero-order chi connectivity index (χ0) is 15.4. The Hall–Kier alpha value is -0.770. The quantitative estimate of drug-likeness (QED) is 0.927. The van der Waals surface area contributed by atoms with Crippen molar-refractivity contribution in [3.05, 3.63) is 28.8 Å². The van der Waals surface area contributed by atoms with Gasteiger partial charge in [0.05, 0.1) is 0 Å². The van der Waals surface area contributed by atoms with Crippen LogP contribution in [-0.2, 0) is 6.42 Å². The van der Waals surface area contributed by atoms with Gasteiger partial charge in [-0.05, 0) is 57.5 Å². The second-order valence-corrected chi connectivity index (χ2v) is 6.68. The Kier molecular flexibility index (Phi) is 5.91. The van der Waals surface area contributed by atoms with E-state index in [-0.39, 0.29) is 6.04 Å². The van der Waals surface area contributed by atoms with Gasteiger partial charge in [0.25, 0.3) is 0 Å². The minimum atomic E-state index is 0.175. The molecule has 21 heavy (non-hydrogen) atoms. The Labute approximate surface area is 134 Å². The largest absolute Gasteiger partial charge is 0.367 e. The van der Waals surface area contributed by atoms with Crippen LogP contribution in [0.3, 0.4) is 0 Å². The van der Waals surface area contributed by atoms with Gasteiger partial charge in [-0.3, -0.25) is 0 Å². The zero-order valence-electron chi connectivity index (χ0n) is 13.5.